The smallest absolute Gasteiger partial charge is 0.251 e. The van der Waals surface area contributed by atoms with Crippen LogP contribution in [0.2, 0.25) is 0 Å². The van der Waals surface area contributed by atoms with Crippen LogP contribution in [0.1, 0.15) is 32.1 Å². The van der Waals surface area contributed by atoms with Crippen molar-refractivity contribution < 1.29 is 14.0 Å². The van der Waals surface area contributed by atoms with Crippen LogP contribution >= 0.6 is 23.6 Å². The largest absolute Gasteiger partial charge is 0.465 e. The maximum atomic E-state index is 12.0. The highest BCUT2D eigenvalue weighted by Gasteiger charge is 2.20. The lowest BCUT2D eigenvalue weighted by atomic mass is 10.1. The molecule has 2 amide bonds. The average molecular weight is 426 g/mol. The third kappa shape index (κ3) is 5.40. The second-order valence-electron chi connectivity index (χ2n) is 6.17. The van der Waals surface area contributed by atoms with Crippen molar-refractivity contribution in [3.05, 3.63) is 82.1 Å². The van der Waals surface area contributed by atoms with Gasteiger partial charge in [-0.25, -0.2) is 0 Å². The molecule has 0 radical (unpaired) electrons. The Morgan fingerprint density at radius 2 is 1.97 bits per heavy atom. The number of thiophene rings is 1. The molecule has 0 aliphatic heterocycles. The zero-order valence-electron chi connectivity index (χ0n) is 15.6. The fourth-order valence-corrected chi connectivity index (χ4v) is 4.24. The van der Waals surface area contributed by atoms with Crippen LogP contribution in [0, 0.1) is 6.92 Å². The van der Waals surface area contributed by atoms with Crippen LogP contribution in [-0.2, 0) is 11.2 Å². The van der Waals surface area contributed by atoms with Gasteiger partial charge in [0, 0.05) is 17.4 Å². The lowest BCUT2D eigenvalue weighted by Crippen LogP contribution is -2.33. The van der Waals surface area contributed by atoms with Crippen LogP contribution in [-0.4, -0.2) is 16.9 Å². The lowest BCUT2D eigenvalue weighted by Gasteiger charge is -2.07. The van der Waals surface area contributed by atoms with Crippen molar-refractivity contribution in [2.45, 2.75) is 13.3 Å². The van der Waals surface area contributed by atoms with Gasteiger partial charge in [0.1, 0.15) is 10.8 Å². The number of hydrogen-bond donors (Lipinski definition) is 3. The highest BCUT2D eigenvalue weighted by atomic mass is 32.1. The summed E-state index contributed by atoms with van der Waals surface area (Å²) in [6, 6.07) is 13.4. The number of primary amides is 1. The number of carbonyl (C=O) groups excluding carboxylic acids is 2. The Morgan fingerprint density at radius 3 is 2.62 bits per heavy atom. The summed E-state index contributed by atoms with van der Waals surface area (Å²) < 4.78 is 5.13. The van der Waals surface area contributed by atoms with Crippen molar-refractivity contribution in [1.29, 1.82) is 0 Å². The first-order valence-corrected chi connectivity index (χ1v) is 9.96. The van der Waals surface area contributed by atoms with Gasteiger partial charge in [-0.3, -0.25) is 14.9 Å². The second-order valence-corrected chi connectivity index (χ2v) is 7.69. The van der Waals surface area contributed by atoms with Gasteiger partial charge in [-0.15, -0.1) is 11.3 Å². The van der Waals surface area contributed by atoms with Gasteiger partial charge in [0.25, 0.3) is 5.91 Å². The normalized spacial score (nSPS) is 10.8. The molecule has 4 N–H and O–H groups in total. The van der Waals surface area contributed by atoms with Crippen molar-refractivity contribution in [2.24, 2.45) is 5.73 Å². The molecular formula is C21H19N3O3S2. The molecule has 0 atom stereocenters. The summed E-state index contributed by atoms with van der Waals surface area (Å²) in [4.78, 5) is 25.0. The molecule has 3 aromatic rings. The Balaban J connectivity index is 1.72. The summed E-state index contributed by atoms with van der Waals surface area (Å²) in [7, 11) is 0. The Kier molecular flexibility index (Phi) is 6.58. The van der Waals surface area contributed by atoms with Crippen LogP contribution in [0.25, 0.3) is 6.08 Å². The van der Waals surface area contributed by atoms with Crippen molar-refractivity contribution in [2.75, 3.05) is 5.32 Å². The summed E-state index contributed by atoms with van der Waals surface area (Å²) in [5.41, 5.74) is 7.88. The minimum Gasteiger partial charge on any atom is -0.465 e. The van der Waals surface area contributed by atoms with E-state index in [0.29, 0.717) is 22.7 Å². The number of amides is 2. The molecule has 0 fully saturated rings. The Morgan fingerprint density at radius 1 is 1.21 bits per heavy atom. The molecule has 29 heavy (non-hydrogen) atoms. The molecule has 0 bridgehead atoms. The summed E-state index contributed by atoms with van der Waals surface area (Å²) in [5, 5.41) is 6.06. The molecule has 148 valence electrons. The van der Waals surface area contributed by atoms with Crippen LogP contribution in [0.3, 0.4) is 0 Å². The average Bonchev–Trinajstić information content (AvgIpc) is 3.29. The van der Waals surface area contributed by atoms with E-state index in [1.54, 1.807) is 12.1 Å². The van der Waals surface area contributed by atoms with E-state index in [9.17, 15) is 9.59 Å². The van der Waals surface area contributed by atoms with E-state index in [2.05, 4.69) is 10.6 Å². The quantitative estimate of drug-likeness (QED) is 0.411. The van der Waals surface area contributed by atoms with Gasteiger partial charge < -0.3 is 15.5 Å². The molecule has 6 nitrogen and oxygen atoms in total. The first kappa shape index (κ1) is 20.5. The summed E-state index contributed by atoms with van der Waals surface area (Å²) >= 11 is 6.60. The summed E-state index contributed by atoms with van der Waals surface area (Å²) in [5.74, 6) is -0.417. The van der Waals surface area contributed by atoms with Gasteiger partial charge in [0.05, 0.1) is 11.8 Å². The molecule has 0 aliphatic rings. The third-order valence-corrected chi connectivity index (χ3v) is 5.52. The zero-order chi connectivity index (χ0) is 20.8. The predicted octanol–water partition coefficient (Wildman–Crippen LogP) is 3.87. The topological polar surface area (TPSA) is 97.4 Å². The van der Waals surface area contributed by atoms with Crippen molar-refractivity contribution in [3.8, 4) is 0 Å². The van der Waals surface area contributed by atoms with E-state index in [4.69, 9.17) is 22.4 Å². The van der Waals surface area contributed by atoms with Crippen molar-refractivity contribution >= 4 is 51.6 Å². The van der Waals surface area contributed by atoms with Crippen LogP contribution in [0.15, 0.2) is 59.2 Å². The molecule has 3 rings (SSSR count). The van der Waals surface area contributed by atoms with E-state index in [1.807, 2.05) is 37.3 Å². The summed E-state index contributed by atoms with van der Waals surface area (Å²) in [6.45, 7) is 1.85. The molecule has 2 heterocycles. The van der Waals surface area contributed by atoms with E-state index < -0.39 is 11.8 Å². The summed E-state index contributed by atoms with van der Waals surface area (Å²) in [6.07, 6.45) is 5.02. The van der Waals surface area contributed by atoms with E-state index in [1.165, 1.54) is 29.8 Å². The third-order valence-electron chi connectivity index (χ3n) is 4.11. The molecule has 0 unspecified atom stereocenters. The number of rotatable bonds is 6. The second kappa shape index (κ2) is 9.31. The zero-order valence-corrected chi connectivity index (χ0v) is 17.2. The highest BCUT2D eigenvalue weighted by molar-refractivity contribution is 7.80. The predicted molar refractivity (Wildman–Crippen MR) is 119 cm³/mol. The lowest BCUT2D eigenvalue weighted by molar-refractivity contribution is -0.115. The van der Waals surface area contributed by atoms with Crippen molar-refractivity contribution in [3.63, 3.8) is 0 Å². The Hall–Kier alpha value is -3.23. The molecule has 1 aromatic carbocycles. The van der Waals surface area contributed by atoms with Gasteiger partial charge in [-0.2, -0.15) is 0 Å². The number of nitrogens with one attached hydrogen (secondary N) is 2. The first-order chi connectivity index (χ1) is 13.9. The number of thiocarbonyl (C=S) groups is 1. The number of benzene rings is 1. The Bertz CT molecular complexity index is 1050. The van der Waals surface area contributed by atoms with E-state index in [-0.39, 0.29) is 5.11 Å². The molecule has 2 aromatic heterocycles. The number of anilines is 1. The van der Waals surface area contributed by atoms with Gasteiger partial charge in [-0.05, 0) is 48.5 Å². The molecule has 8 heteroatoms. The first-order valence-electron chi connectivity index (χ1n) is 8.73. The number of hydrogen-bond acceptors (Lipinski definition) is 5. The fraction of sp³-hybridized carbons (Fsp3) is 0.0952. The maximum Gasteiger partial charge on any atom is 0.251 e. The molecule has 0 spiro atoms. The Labute approximate surface area is 177 Å². The van der Waals surface area contributed by atoms with Crippen molar-refractivity contribution in [1.82, 2.24) is 5.32 Å². The standard InChI is InChI=1S/C21H19N3O3S2/c1-13-16(12-14-6-3-2-4-7-14)29-20(18(13)19(22)26)24-21(28)23-17(25)10-9-15-8-5-11-27-15/h2-11H,12H2,1H3,(H2,22,26)(H2,23,24,25,28)/b10-9+. The maximum absolute atomic E-state index is 12.0. The van der Waals surface area contributed by atoms with E-state index in [0.717, 1.165) is 16.0 Å². The molecular weight excluding hydrogens is 406 g/mol. The highest BCUT2D eigenvalue weighted by Crippen LogP contribution is 2.34. The molecule has 0 saturated heterocycles. The SMILES string of the molecule is Cc1c(Cc2ccccc2)sc(NC(=S)NC(=O)/C=C/c2ccco2)c1C(N)=O. The van der Waals surface area contributed by atoms with Crippen LogP contribution in [0.4, 0.5) is 5.00 Å². The van der Waals surface area contributed by atoms with E-state index >= 15 is 0 Å². The number of furan rings is 1. The monoisotopic (exact) mass is 425 g/mol. The van der Waals surface area contributed by atoms with Gasteiger partial charge >= 0.3 is 0 Å². The number of carbonyl (C=O) groups is 2. The van der Waals surface area contributed by atoms with Crippen LogP contribution < -0.4 is 16.4 Å². The van der Waals surface area contributed by atoms with Crippen LogP contribution in [0.5, 0.6) is 0 Å². The molecule has 0 aliphatic carbocycles. The van der Waals surface area contributed by atoms with Gasteiger partial charge in [-0.1, -0.05) is 30.3 Å². The minimum atomic E-state index is -0.549. The number of nitrogens with two attached hydrogens (primary N) is 1. The fourth-order valence-electron chi connectivity index (χ4n) is 2.73. The minimum absolute atomic E-state index is 0.0779. The van der Waals surface area contributed by atoms with Gasteiger partial charge in [0.15, 0.2) is 5.11 Å². The van der Waals surface area contributed by atoms with Gasteiger partial charge in [0.2, 0.25) is 5.91 Å². The molecule has 0 saturated carbocycles.